The number of alkyl halides is 2. The minimum absolute atomic E-state index is 0.0782. The van der Waals surface area contributed by atoms with Gasteiger partial charge in [0.25, 0.3) is 0 Å². The Bertz CT molecular complexity index is 541. The minimum Gasteiger partial charge on any atom is -0.454 e. The maximum absolute atomic E-state index is 12.7. The summed E-state index contributed by atoms with van der Waals surface area (Å²) in [7, 11) is -5.62. The summed E-state index contributed by atoms with van der Waals surface area (Å²) in [6, 6.07) is 5.10. The molecule has 1 aromatic rings. The molecule has 0 saturated carbocycles. The summed E-state index contributed by atoms with van der Waals surface area (Å²) in [5.41, 5.74) is -0.0782. The summed E-state index contributed by atoms with van der Waals surface area (Å²) >= 11 is 5.54. The molecule has 18 heavy (non-hydrogen) atoms. The molecule has 0 aliphatic carbocycles. The smallest absolute Gasteiger partial charge is 0.402 e. The van der Waals surface area contributed by atoms with Gasteiger partial charge in [0.05, 0.1) is 5.56 Å². The van der Waals surface area contributed by atoms with Gasteiger partial charge in [-0.3, -0.25) is 4.55 Å². The fourth-order valence-corrected chi connectivity index (χ4v) is 1.23. The molecular formula is C9H7ClF2O5S. The third-order valence-corrected chi connectivity index (χ3v) is 2.95. The molecule has 1 rings (SSSR count). The monoisotopic (exact) mass is 300 g/mol. The van der Waals surface area contributed by atoms with Crippen LogP contribution < -0.4 is 0 Å². The standard InChI is InChI=1S/C9H7ClF2O5S/c10-7-3-1-6(2-4-7)8(13)17-5-9(11,12)18(14,15)16/h1-4H,5H2,(H,14,15,16). The van der Waals surface area contributed by atoms with Crippen LogP contribution in [0.25, 0.3) is 0 Å². The summed E-state index contributed by atoms with van der Waals surface area (Å²) < 4.78 is 58.2. The molecule has 0 radical (unpaired) electrons. The van der Waals surface area contributed by atoms with E-state index < -0.39 is 27.9 Å². The molecule has 0 saturated heterocycles. The number of ether oxygens (including phenoxy) is 1. The molecule has 0 heterocycles. The molecule has 9 heteroatoms. The van der Waals surface area contributed by atoms with Crippen LogP contribution in [0.1, 0.15) is 10.4 Å². The first-order valence-electron chi connectivity index (χ1n) is 4.41. The fraction of sp³-hybridized carbons (Fsp3) is 0.222. The van der Waals surface area contributed by atoms with Crippen molar-refractivity contribution in [3.05, 3.63) is 34.9 Å². The van der Waals surface area contributed by atoms with Crippen LogP contribution in [0.15, 0.2) is 24.3 Å². The van der Waals surface area contributed by atoms with Gasteiger partial charge in [-0.15, -0.1) is 0 Å². The lowest BCUT2D eigenvalue weighted by Crippen LogP contribution is -2.34. The van der Waals surface area contributed by atoms with E-state index >= 15 is 0 Å². The topological polar surface area (TPSA) is 80.7 Å². The highest BCUT2D eigenvalue weighted by molar-refractivity contribution is 7.86. The van der Waals surface area contributed by atoms with Crippen LogP contribution in [0.4, 0.5) is 8.78 Å². The molecule has 0 amide bonds. The molecular weight excluding hydrogens is 294 g/mol. The molecule has 0 unspecified atom stereocenters. The molecule has 0 aliphatic rings. The number of hydrogen-bond acceptors (Lipinski definition) is 4. The quantitative estimate of drug-likeness (QED) is 0.679. The van der Waals surface area contributed by atoms with Crippen molar-refractivity contribution in [3.63, 3.8) is 0 Å². The summed E-state index contributed by atoms with van der Waals surface area (Å²) in [6.07, 6.45) is 0. The zero-order valence-corrected chi connectivity index (χ0v) is 10.2. The number of benzene rings is 1. The van der Waals surface area contributed by atoms with Gasteiger partial charge in [0, 0.05) is 5.02 Å². The van der Waals surface area contributed by atoms with Gasteiger partial charge < -0.3 is 4.74 Å². The molecule has 0 atom stereocenters. The van der Waals surface area contributed by atoms with Crippen molar-refractivity contribution in [2.45, 2.75) is 5.25 Å². The van der Waals surface area contributed by atoms with Crippen molar-refractivity contribution in [2.75, 3.05) is 6.61 Å². The van der Waals surface area contributed by atoms with Gasteiger partial charge in [-0.05, 0) is 24.3 Å². The van der Waals surface area contributed by atoms with Gasteiger partial charge in [-0.2, -0.15) is 17.2 Å². The Morgan fingerprint density at radius 1 is 1.33 bits per heavy atom. The molecule has 0 spiro atoms. The van der Waals surface area contributed by atoms with Crippen LogP contribution in [0.2, 0.25) is 5.02 Å². The highest BCUT2D eigenvalue weighted by atomic mass is 35.5. The lowest BCUT2D eigenvalue weighted by molar-refractivity contribution is -0.00950. The molecule has 0 aliphatic heterocycles. The van der Waals surface area contributed by atoms with Crippen molar-refractivity contribution in [2.24, 2.45) is 0 Å². The maximum atomic E-state index is 12.7. The molecule has 100 valence electrons. The maximum Gasteiger partial charge on any atom is 0.402 e. The van der Waals surface area contributed by atoms with Crippen molar-refractivity contribution >= 4 is 27.7 Å². The summed E-state index contributed by atoms with van der Waals surface area (Å²) in [4.78, 5) is 11.3. The number of carbonyl (C=O) groups excluding carboxylic acids is 1. The number of halogens is 3. The van der Waals surface area contributed by atoms with Crippen LogP contribution in [0.3, 0.4) is 0 Å². The van der Waals surface area contributed by atoms with E-state index in [2.05, 4.69) is 4.74 Å². The van der Waals surface area contributed by atoms with Gasteiger partial charge in [0.15, 0.2) is 6.61 Å². The predicted octanol–water partition coefficient (Wildman–Crippen LogP) is 1.98. The number of hydrogen-bond donors (Lipinski definition) is 1. The van der Waals surface area contributed by atoms with Gasteiger partial charge >= 0.3 is 21.3 Å². The van der Waals surface area contributed by atoms with Crippen molar-refractivity contribution in [1.29, 1.82) is 0 Å². The Labute approximate surface area is 106 Å². The van der Waals surface area contributed by atoms with Crippen LogP contribution in [0, 0.1) is 0 Å². The molecule has 0 bridgehead atoms. The summed E-state index contributed by atoms with van der Waals surface area (Å²) in [5.74, 6) is -1.16. The largest absolute Gasteiger partial charge is 0.454 e. The molecule has 0 fully saturated rings. The minimum atomic E-state index is -5.62. The van der Waals surface area contributed by atoms with Crippen molar-refractivity contribution < 1.29 is 31.3 Å². The molecule has 0 aromatic heterocycles. The summed E-state index contributed by atoms with van der Waals surface area (Å²) in [6.45, 7) is -1.77. The predicted molar refractivity (Wildman–Crippen MR) is 58.2 cm³/mol. The second-order valence-electron chi connectivity index (χ2n) is 3.20. The number of esters is 1. The highest BCUT2D eigenvalue weighted by Crippen LogP contribution is 2.21. The average molecular weight is 301 g/mol. The van der Waals surface area contributed by atoms with Crippen molar-refractivity contribution in [1.82, 2.24) is 0 Å². The average Bonchev–Trinajstić information content (AvgIpc) is 2.25. The van der Waals surface area contributed by atoms with Gasteiger partial charge in [0.1, 0.15) is 0 Å². The van der Waals surface area contributed by atoms with E-state index in [9.17, 15) is 22.0 Å². The Morgan fingerprint density at radius 2 is 1.83 bits per heavy atom. The van der Waals surface area contributed by atoms with E-state index in [1.807, 2.05) is 0 Å². The third kappa shape index (κ3) is 3.62. The molecule has 1 N–H and O–H groups in total. The molecule has 5 nitrogen and oxygen atoms in total. The van der Waals surface area contributed by atoms with E-state index in [1.165, 1.54) is 24.3 Å². The summed E-state index contributed by atoms with van der Waals surface area (Å²) in [5, 5.41) is -4.22. The second kappa shape index (κ2) is 5.17. The first-order valence-corrected chi connectivity index (χ1v) is 6.23. The van der Waals surface area contributed by atoms with Gasteiger partial charge in [-0.25, -0.2) is 4.79 Å². The van der Waals surface area contributed by atoms with Crippen molar-refractivity contribution in [3.8, 4) is 0 Å². The van der Waals surface area contributed by atoms with E-state index in [4.69, 9.17) is 16.2 Å². The zero-order valence-electron chi connectivity index (χ0n) is 8.64. The normalized spacial score (nSPS) is 12.2. The lowest BCUT2D eigenvalue weighted by atomic mass is 10.2. The number of carbonyl (C=O) groups is 1. The Kier molecular flexibility index (Phi) is 4.25. The Hall–Kier alpha value is -1.25. The zero-order chi connectivity index (χ0) is 14.0. The fourth-order valence-electron chi connectivity index (χ4n) is 0.893. The first kappa shape index (κ1) is 14.8. The highest BCUT2D eigenvalue weighted by Gasteiger charge is 2.45. The Morgan fingerprint density at radius 3 is 2.28 bits per heavy atom. The third-order valence-electron chi connectivity index (χ3n) is 1.83. The lowest BCUT2D eigenvalue weighted by Gasteiger charge is -2.12. The van der Waals surface area contributed by atoms with Crippen LogP contribution in [0.5, 0.6) is 0 Å². The molecule has 1 aromatic carbocycles. The van der Waals surface area contributed by atoms with Crippen LogP contribution in [-0.4, -0.2) is 30.8 Å². The van der Waals surface area contributed by atoms with Gasteiger partial charge in [-0.1, -0.05) is 11.6 Å². The second-order valence-corrected chi connectivity index (χ2v) is 5.18. The van der Waals surface area contributed by atoms with E-state index in [-0.39, 0.29) is 5.56 Å². The van der Waals surface area contributed by atoms with E-state index in [0.29, 0.717) is 5.02 Å². The van der Waals surface area contributed by atoms with Crippen LogP contribution in [-0.2, 0) is 14.9 Å². The van der Waals surface area contributed by atoms with Crippen LogP contribution >= 0.6 is 11.6 Å². The number of rotatable bonds is 4. The van der Waals surface area contributed by atoms with E-state index in [0.717, 1.165) is 0 Å². The van der Waals surface area contributed by atoms with Gasteiger partial charge in [0.2, 0.25) is 0 Å². The first-order chi connectivity index (χ1) is 8.13. The SMILES string of the molecule is O=C(OCC(F)(F)S(=O)(=O)O)c1ccc(Cl)cc1. The Balaban J connectivity index is 2.70. The van der Waals surface area contributed by atoms with E-state index in [1.54, 1.807) is 0 Å².